The van der Waals surface area contributed by atoms with Crippen LogP contribution in [0, 0.1) is 11.7 Å². The molecular formula is C15H24FN3. The third kappa shape index (κ3) is 3.66. The summed E-state index contributed by atoms with van der Waals surface area (Å²) in [6, 6.07) is 2.12. The van der Waals surface area contributed by atoms with E-state index in [0.29, 0.717) is 29.9 Å². The van der Waals surface area contributed by atoms with Gasteiger partial charge in [0.2, 0.25) is 0 Å². The van der Waals surface area contributed by atoms with Gasteiger partial charge in [-0.1, -0.05) is 20.8 Å². The van der Waals surface area contributed by atoms with Crippen LogP contribution in [-0.2, 0) is 6.54 Å². The van der Waals surface area contributed by atoms with Crippen molar-refractivity contribution in [3.8, 4) is 0 Å². The first-order valence-corrected chi connectivity index (χ1v) is 7.19. The van der Waals surface area contributed by atoms with Crippen LogP contribution in [0.3, 0.4) is 0 Å². The first-order chi connectivity index (χ1) is 9.08. The normalized spacial score (nSPS) is 20.1. The molecule has 0 saturated carbocycles. The molecule has 0 aliphatic carbocycles. The highest BCUT2D eigenvalue weighted by atomic mass is 19.1. The summed E-state index contributed by atoms with van der Waals surface area (Å²) >= 11 is 0. The van der Waals surface area contributed by atoms with E-state index in [9.17, 15) is 4.39 Å². The molecule has 2 rings (SSSR count). The van der Waals surface area contributed by atoms with Gasteiger partial charge in [-0.15, -0.1) is 0 Å². The number of hydrogen-bond donors (Lipinski definition) is 1. The Labute approximate surface area is 115 Å². The first kappa shape index (κ1) is 14.3. The van der Waals surface area contributed by atoms with E-state index in [1.807, 2.05) is 0 Å². The van der Waals surface area contributed by atoms with Crippen molar-refractivity contribution in [1.82, 2.24) is 10.3 Å². The zero-order valence-electron chi connectivity index (χ0n) is 12.1. The Balaban J connectivity index is 2.14. The number of halogens is 1. The molecule has 0 radical (unpaired) electrons. The van der Waals surface area contributed by atoms with Gasteiger partial charge in [0.1, 0.15) is 0 Å². The lowest BCUT2D eigenvalue weighted by molar-refractivity contribution is 0.438. The van der Waals surface area contributed by atoms with Gasteiger partial charge in [-0.2, -0.15) is 0 Å². The van der Waals surface area contributed by atoms with Crippen LogP contribution >= 0.6 is 0 Å². The van der Waals surface area contributed by atoms with Crippen LogP contribution in [0.4, 0.5) is 10.2 Å². The van der Waals surface area contributed by atoms with Crippen molar-refractivity contribution in [3.05, 3.63) is 23.6 Å². The number of rotatable bonds is 4. The van der Waals surface area contributed by atoms with Gasteiger partial charge in [-0.25, -0.2) is 9.37 Å². The van der Waals surface area contributed by atoms with E-state index < -0.39 is 0 Å². The predicted molar refractivity (Wildman–Crippen MR) is 76.8 cm³/mol. The molecule has 2 heterocycles. The maximum absolute atomic E-state index is 14.5. The molecule has 4 heteroatoms. The zero-order chi connectivity index (χ0) is 13.8. The molecule has 1 aliphatic heterocycles. The van der Waals surface area contributed by atoms with Crippen molar-refractivity contribution in [3.63, 3.8) is 0 Å². The number of hydrogen-bond acceptors (Lipinski definition) is 3. The van der Waals surface area contributed by atoms with E-state index in [1.54, 1.807) is 12.3 Å². The lowest BCUT2D eigenvalue weighted by Crippen LogP contribution is -2.35. The van der Waals surface area contributed by atoms with E-state index in [1.165, 1.54) is 6.42 Å². The van der Waals surface area contributed by atoms with E-state index >= 15 is 0 Å². The van der Waals surface area contributed by atoms with E-state index in [4.69, 9.17) is 0 Å². The van der Waals surface area contributed by atoms with Gasteiger partial charge in [-0.3, -0.25) is 0 Å². The quantitative estimate of drug-likeness (QED) is 0.907. The molecule has 1 saturated heterocycles. The third-order valence-electron chi connectivity index (χ3n) is 3.61. The van der Waals surface area contributed by atoms with Gasteiger partial charge in [0, 0.05) is 37.4 Å². The van der Waals surface area contributed by atoms with Crippen LogP contribution in [0.15, 0.2) is 12.3 Å². The average molecular weight is 265 g/mol. The molecule has 3 nitrogen and oxygen atoms in total. The fraction of sp³-hybridized carbons (Fsp3) is 0.667. The van der Waals surface area contributed by atoms with Crippen molar-refractivity contribution >= 4 is 5.82 Å². The van der Waals surface area contributed by atoms with Crippen LogP contribution in [0.5, 0.6) is 0 Å². The van der Waals surface area contributed by atoms with Gasteiger partial charge < -0.3 is 10.2 Å². The maximum atomic E-state index is 14.5. The number of nitrogens with zero attached hydrogens (tertiary/aromatic N) is 2. The molecule has 106 valence electrons. The number of nitrogens with one attached hydrogen (secondary N) is 1. The van der Waals surface area contributed by atoms with Crippen LogP contribution in [0.1, 0.15) is 39.2 Å². The standard InChI is InChI=1S/C15H24FN3/c1-11(2)18-9-13-6-7-17-15(14(13)16)19-8-4-5-12(3)10-19/h6-7,11-12,18H,4-5,8-10H2,1-3H3. The van der Waals surface area contributed by atoms with Crippen molar-refractivity contribution in [2.45, 2.75) is 46.2 Å². The van der Waals surface area contributed by atoms with Gasteiger partial charge in [-0.05, 0) is 24.8 Å². The second kappa shape index (κ2) is 6.33. The molecule has 0 spiro atoms. The minimum absolute atomic E-state index is 0.162. The van der Waals surface area contributed by atoms with Crippen molar-refractivity contribution in [2.75, 3.05) is 18.0 Å². The molecule has 1 N–H and O–H groups in total. The Morgan fingerprint density at radius 1 is 1.53 bits per heavy atom. The van der Waals surface area contributed by atoms with Gasteiger partial charge in [0.15, 0.2) is 11.6 Å². The second-order valence-corrected chi connectivity index (χ2v) is 5.84. The fourth-order valence-electron chi connectivity index (χ4n) is 2.52. The molecule has 1 aromatic rings. The van der Waals surface area contributed by atoms with Crippen LogP contribution in [0.2, 0.25) is 0 Å². The fourth-order valence-corrected chi connectivity index (χ4v) is 2.52. The largest absolute Gasteiger partial charge is 0.354 e. The number of piperidine rings is 1. The topological polar surface area (TPSA) is 28.2 Å². The Hall–Kier alpha value is -1.16. The Morgan fingerprint density at radius 2 is 2.32 bits per heavy atom. The second-order valence-electron chi connectivity index (χ2n) is 5.84. The van der Waals surface area contributed by atoms with Crippen molar-refractivity contribution < 1.29 is 4.39 Å². The molecule has 0 amide bonds. The Kier molecular flexibility index (Phi) is 4.75. The minimum atomic E-state index is -0.162. The molecule has 1 unspecified atom stereocenters. The summed E-state index contributed by atoms with van der Waals surface area (Å²) < 4.78 is 14.5. The van der Waals surface area contributed by atoms with E-state index in [2.05, 4.69) is 36.0 Å². The van der Waals surface area contributed by atoms with Crippen LogP contribution in [0.25, 0.3) is 0 Å². The summed E-state index contributed by atoms with van der Waals surface area (Å²) in [6.45, 7) is 8.72. The molecule has 1 atom stereocenters. The maximum Gasteiger partial charge on any atom is 0.170 e. The molecule has 1 fully saturated rings. The highest BCUT2D eigenvalue weighted by Gasteiger charge is 2.21. The van der Waals surface area contributed by atoms with Gasteiger partial charge in [0.05, 0.1) is 0 Å². The summed E-state index contributed by atoms with van der Waals surface area (Å²) in [7, 11) is 0. The monoisotopic (exact) mass is 265 g/mol. The van der Waals surface area contributed by atoms with E-state index in [-0.39, 0.29) is 5.82 Å². The summed E-state index contributed by atoms with van der Waals surface area (Å²) in [5.41, 5.74) is 0.705. The molecule has 1 aliphatic rings. The molecule has 19 heavy (non-hydrogen) atoms. The van der Waals surface area contributed by atoms with Crippen LogP contribution < -0.4 is 10.2 Å². The van der Waals surface area contributed by atoms with Gasteiger partial charge in [0.25, 0.3) is 0 Å². The summed E-state index contributed by atoms with van der Waals surface area (Å²) in [6.07, 6.45) is 4.07. The number of anilines is 1. The first-order valence-electron chi connectivity index (χ1n) is 7.19. The Morgan fingerprint density at radius 3 is 3.00 bits per heavy atom. The van der Waals surface area contributed by atoms with E-state index in [0.717, 1.165) is 19.5 Å². The third-order valence-corrected chi connectivity index (χ3v) is 3.61. The van der Waals surface area contributed by atoms with Crippen molar-refractivity contribution in [1.29, 1.82) is 0 Å². The SMILES string of the molecule is CC1CCCN(c2nccc(CNC(C)C)c2F)C1. The van der Waals surface area contributed by atoms with Crippen LogP contribution in [-0.4, -0.2) is 24.1 Å². The summed E-state index contributed by atoms with van der Waals surface area (Å²) in [4.78, 5) is 6.33. The molecule has 1 aromatic heterocycles. The predicted octanol–water partition coefficient (Wildman–Crippen LogP) is 2.96. The number of pyridine rings is 1. The zero-order valence-corrected chi connectivity index (χ0v) is 12.1. The minimum Gasteiger partial charge on any atom is -0.354 e. The molecule has 0 aromatic carbocycles. The molecule has 0 bridgehead atoms. The Bertz CT molecular complexity index is 420. The molecular weight excluding hydrogens is 241 g/mol. The number of aromatic nitrogens is 1. The summed E-state index contributed by atoms with van der Waals surface area (Å²) in [5.74, 6) is 0.978. The lowest BCUT2D eigenvalue weighted by atomic mass is 10.0. The highest BCUT2D eigenvalue weighted by Crippen LogP contribution is 2.25. The average Bonchev–Trinajstić information content (AvgIpc) is 2.37. The smallest absolute Gasteiger partial charge is 0.170 e. The summed E-state index contributed by atoms with van der Waals surface area (Å²) in [5, 5.41) is 3.26. The lowest BCUT2D eigenvalue weighted by Gasteiger charge is -2.32. The highest BCUT2D eigenvalue weighted by molar-refractivity contribution is 5.43. The van der Waals surface area contributed by atoms with Crippen molar-refractivity contribution in [2.24, 2.45) is 5.92 Å². The van der Waals surface area contributed by atoms with Gasteiger partial charge >= 0.3 is 0 Å².